The summed E-state index contributed by atoms with van der Waals surface area (Å²) in [6.45, 7) is -0.144. The van der Waals surface area contributed by atoms with E-state index >= 15 is 0 Å². The van der Waals surface area contributed by atoms with Crippen LogP contribution in [-0.2, 0) is 19.4 Å². The highest BCUT2D eigenvalue weighted by atomic mass is 35.5. The van der Waals surface area contributed by atoms with Crippen molar-refractivity contribution >= 4 is 38.9 Å². The van der Waals surface area contributed by atoms with Gasteiger partial charge in [-0.15, -0.1) is 0 Å². The van der Waals surface area contributed by atoms with Gasteiger partial charge in [-0.05, 0) is 31.0 Å². The summed E-state index contributed by atoms with van der Waals surface area (Å²) in [6, 6.07) is 6.70. The first-order valence-corrected chi connectivity index (χ1v) is 10.4. The van der Waals surface area contributed by atoms with Crippen molar-refractivity contribution < 1.29 is 18.0 Å². The summed E-state index contributed by atoms with van der Waals surface area (Å²) in [5.74, 6) is -0.879. The van der Waals surface area contributed by atoms with Gasteiger partial charge in [0.2, 0.25) is 11.8 Å². The molecule has 0 atom stereocenters. The normalized spacial score (nSPS) is 15.1. The summed E-state index contributed by atoms with van der Waals surface area (Å²) in [6.07, 6.45) is 3.14. The molecular formula is C17H23ClN2O4S. The first-order valence-electron chi connectivity index (χ1n) is 8.29. The number of halogens is 1. The van der Waals surface area contributed by atoms with Gasteiger partial charge in [-0.3, -0.25) is 9.59 Å². The molecule has 0 aromatic heterocycles. The molecule has 0 unspecified atom stereocenters. The summed E-state index contributed by atoms with van der Waals surface area (Å²) < 4.78 is 24.4. The summed E-state index contributed by atoms with van der Waals surface area (Å²) in [4.78, 5) is 25.3. The standard InChI is InChI=1S/C17H23ClN2O4S/c1-20(12-16(21)19-14-6-4-5-13(18)11-14)17(22)9-10-25(23,24)15-7-2-3-8-15/h4-6,11,15H,2-3,7-10,12H2,1H3,(H,19,21). The van der Waals surface area contributed by atoms with Gasteiger partial charge in [0, 0.05) is 24.2 Å². The molecule has 1 saturated carbocycles. The van der Waals surface area contributed by atoms with Crippen LogP contribution in [0.1, 0.15) is 32.1 Å². The van der Waals surface area contributed by atoms with Crippen LogP contribution in [0.4, 0.5) is 5.69 Å². The molecule has 1 fully saturated rings. The lowest BCUT2D eigenvalue weighted by molar-refractivity contribution is -0.132. The average molecular weight is 387 g/mol. The first kappa shape index (κ1) is 19.7. The van der Waals surface area contributed by atoms with Crippen LogP contribution >= 0.6 is 11.6 Å². The van der Waals surface area contributed by atoms with Crippen LogP contribution in [-0.4, -0.2) is 49.7 Å². The highest BCUT2D eigenvalue weighted by Crippen LogP contribution is 2.25. The number of likely N-dealkylation sites (N-methyl/N-ethyl adjacent to an activating group) is 1. The topological polar surface area (TPSA) is 83.6 Å². The number of nitrogens with one attached hydrogen (secondary N) is 1. The predicted molar refractivity (Wildman–Crippen MR) is 98.4 cm³/mol. The minimum atomic E-state index is -3.23. The van der Waals surface area contributed by atoms with Crippen LogP contribution in [0.3, 0.4) is 0 Å². The Hall–Kier alpha value is -1.60. The van der Waals surface area contributed by atoms with Crippen LogP contribution in [0.2, 0.25) is 5.02 Å². The molecule has 0 spiro atoms. The zero-order valence-electron chi connectivity index (χ0n) is 14.2. The van der Waals surface area contributed by atoms with E-state index in [-0.39, 0.29) is 35.8 Å². The molecule has 0 bridgehead atoms. The largest absolute Gasteiger partial charge is 0.336 e. The number of carbonyl (C=O) groups excluding carboxylic acids is 2. The highest BCUT2D eigenvalue weighted by molar-refractivity contribution is 7.92. The van der Waals surface area contributed by atoms with Crippen LogP contribution < -0.4 is 5.32 Å². The van der Waals surface area contributed by atoms with Gasteiger partial charge in [-0.2, -0.15) is 0 Å². The minimum Gasteiger partial charge on any atom is -0.336 e. The fourth-order valence-corrected chi connectivity index (χ4v) is 4.94. The van der Waals surface area contributed by atoms with Crippen molar-refractivity contribution in [3.63, 3.8) is 0 Å². The molecule has 2 amide bonds. The van der Waals surface area contributed by atoms with Gasteiger partial charge in [0.05, 0.1) is 17.5 Å². The molecule has 138 valence electrons. The van der Waals surface area contributed by atoms with Crippen LogP contribution in [0.25, 0.3) is 0 Å². The summed E-state index contributed by atoms with van der Waals surface area (Å²) in [5.41, 5.74) is 0.544. The predicted octanol–water partition coefficient (Wildman–Crippen LogP) is 2.48. The third-order valence-electron chi connectivity index (χ3n) is 4.33. The molecule has 25 heavy (non-hydrogen) atoms. The monoisotopic (exact) mass is 386 g/mol. The molecule has 0 saturated heterocycles. The van der Waals surface area contributed by atoms with Gasteiger partial charge in [-0.1, -0.05) is 30.5 Å². The lowest BCUT2D eigenvalue weighted by Gasteiger charge is -2.18. The number of carbonyl (C=O) groups is 2. The molecule has 1 aromatic rings. The van der Waals surface area contributed by atoms with Gasteiger partial charge in [0.25, 0.3) is 0 Å². The van der Waals surface area contributed by atoms with E-state index in [2.05, 4.69) is 5.32 Å². The van der Waals surface area contributed by atoms with Crippen LogP contribution in [0.5, 0.6) is 0 Å². The Bertz CT molecular complexity index is 730. The maximum atomic E-state index is 12.2. The van der Waals surface area contributed by atoms with E-state index in [9.17, 15) is 18.0 Å². The molecule has 1 aliphatic carbocycles. The molecule has 0 radical (unpaired) electrons. The van der Waals surface area contributed by atoms with Gasteiger partial charge in [0.15, 0.2) is 9.84 Å². The van der Waals surface area contributed by atoms with E-state index in [1.807, 2.05) is 0 Å². The second-order valence-electron chi connectivity index (χ2n) is 6.33. The van der Waals surface area contributed by atoms with Gasteiger partial charge in [0.1, 0.15) is 0 Å². The molecule has 2 rings (SSSR count). The van der Waals surface area contributed by atoms with Crippen molar-refractivity contribution in [2.45, 2.75) is 37.4 Å². The molecule has 1 aliphatic rings. The molecule has 0 heterocycles. The van der Waals surface area contributed by atoms with E-state index < -0.39 is 9.84 Å². The second kappa shape index (κ2) is 8.67. The zero-order chi connectivity index (χ0) is 18.4. The maximum absolute atomic E-state index is 12.2. The fraction of sp³-hybridized carbons (Fsp3) is 0.529. The molecular weight excluding hydrogens is 364 g/mol. The summed E-state index contributed by atoms with van der Waals surface area (Å²) in [5, 5.41) is 2.84. The third kappa shape index (κ3) is 6.01. The highest BCUT2D eigenvalue weighted by Gasteiger charge is 2.29. The Morgan fingerprint density at radius 3 is 2.60 bits per heavy atom. The molecule has 6 nitrogen and oxygen atoms in total. The van der Waals surface area contributed by atoms with Crippen molar-refractivity contribution in [2.75, 3.05) is 24.7 Å². The number of benzene rings is 1. The van der Waals surface area contributed by atoms with Gasteiger partial charge >= 0.3 is 0 Å². The van der Waals surface area contributed by atoms with Crippen molar-refractivity contribution in [3.05, 3.63) is 29.3 Å². The number of hydrogen-bond acceptors (Lipinski definition) is 4. The smallest absolute Gasteiger partial charge is 0.243 e. The van der Waals surface area contributed by atoms with E-state index in [0.29, 0.717) is 23.6 Å². The van der Waals surface area contributed by atoms with E-state index in [1.54, 1.807) is 24.3 Å². The van der Waals surface area contributed by atoms with Crippen molar-refractivity contribution in [1.82, 2.24) is 4.90 Å². The Balaban J connectivity index is 1.80. The lowest BCUT2D eigenvalue weighted by Crippen LogP contribution is -2.36. The van der Waals surface area contributed by atoms with Gasteiger partial charge < -0.3 is 10.2 Å². The van der Waals surface area contributed by atoms with Crippen molar-refractivity contribution in [2.24, 2.45) is 0 Å². The Morgan fingerprint density at radius 2 is 1.96 bits per heavy atom. The summed E-state index contributed by atoms with van der Waals surface area (Å²) >= 11 is 5.85. The lowest BCUT2D eigenvalue weighted by atomic mass is 10.3. The van der Waals surface area contributed by atoms with Crippen LogP contribution in [0.15, 0.2) is 24.3 Å². The second-order valence-corrected chi connectivity index (χ2v) is 9.17. The summed E-state index contributed by atoms with van der Waals surface area (Å²) in [7, 11) is -1.74. The molecule has 0 aliphatic heterocycles. The Kier molecular flexibility index (Phi) is 6.84. The van der Waals surface area contributed by atoms with Crippen molar-refractivity contribution in [1.29, 1.82) is 0 Å². The zero-order valence-corrected chi connectivity index (χ0v) is 15.8. The number of nitrogens with zero attached hydrogens (tertiary/aromatic N) is 1. The number of anilines is 1. The van der Waals surface area contributed by atoms with E-state index in [4.69, 9.17) is 11.6 Å². The third-order valence-corrected chi connectivity index (χ3v) is 6.82. The molecule has 1 aromatic carbocycles. The van der Waals surface area contributed by atoms with E-state index in [0.717, 1.165) is 12.8 Å². The molecule has 8 heteroatoms. The van der Waals surface area contributed by atoms with Gasteiger partial charge in [-0.25, -0.2) is 8.42 Å². The Labute approximate surface area is 153 Å². The number of hydrogen-bond donors (Lipinski definition) is 1. The quantitative estimate of drug-likeness (QED) is 0.780. The Morgan fingerprint density at radius 1 is 1.28 bits per heavy atom. The SMILES string of the molecule is CN(CC(=O)Nc1cccc(Cl)c1)C(=O)CCS(=O)(=O)C1CCCC1. The minimum absolute atomic E-state index is 0.0974. The van der Waals surface area contributed by atoms with Crippen molar-refractivity contribution in [3.8, 4) is 0 Å². The molecule has 1 N–H and O–H groups in total. The fourth-order valence-electron chi connectivity index (χ4n) is 2.90. The average Bonchev–Trinajstić information content (AvgIpc) is 3.07. The van der Waals surface area contributed by atoms with Crippen LogP contribution in [0, 0.1) is 0 Å². The number of rotatable bonds is 7. The van der Waals surface area contributed by atoms with E-state index in [1.165, 1.54) is 11.9 Å². The first-order chi connectivity index (χ1) is 11.8. The maximum Gasteiger partial charge on any atom is 0.243 e. The number of amides is 2. The number of sulfone groups is 1.